The molecule has 0 fully saturated rings. The molecule has 0 aromatic heterocycles. The van der Waals surface area contributed by atoms with Gasteiger partial charge < -0.3 is 5.32 Å². The van der Waals surface area contributed by atoms with E-state index >= 15 is 0 Å². The predicted molar refractivity (Wildman–Crippen MR) is 53.1 cm³/mol. The molecule has 0 aliphatic carbocycles. The van der Waals surface area contributed by atoms with Gasteiger partial charge in [-0.2, -0.15) is 0 Å². The molecule has 0 saturated carbocycles. The smallest absolute Gasteiger partial charge is 0.234 e. The molecule has 1 aromatic rings. The number of amides is 1. The van der Waals surface area contributed by atoms with Crippen LogP contribution in [0.25, 0.3) is 0 Å². The summed E-state index contributed by atoms with van der Waals surface area (Å²) < 4.78 is 13.5. The number of hydrogen-bond donors (Lipinski definition) is 1. The van der Waals surface area contributed by atoms with Crippen LogP contribution in [-0.2, 0) is 10.2 Å². The Morgan fingerprint density at radius 2 is 2.07 bits per heavy atom. The zero-order valence-electron chi connectivity index (χ0n) is 7.82. The SMILES string of the molecule is CC1(C)C(=O)Nc2c1ccc(Cl)c2F. The van der Waals surface area contributed by atoms with Crippen molar-refractivity contribution in [2.75, 3.05) is 5.32 Å². The van der Waals surface area contributed by atoms with Gasteiger partial charge in [-0.05, 0) is 25.5 Å². The van der Waals surface area contributed by atoms with Crippen molar-refractivity contribution in [1.82, 2.24) is 0 Å². The van der Waals surface area contributed by atoms with Gasteiger partial charge in [0.2, 0.25) is 5.91 Å². The van der Waals surface area contributed by atoms with Gasteiger partial charge in [0.1, 0.15) is 0 Å². The second-order valence-corrected chi connectivity index (χ2v) is 4.27. The average molecular weight is 214 g/mol. The Balaban J connectivity index is 2.70. The second kappa shape index (κ2) is 2.70. The van der Waals surface area contributed by atoms with Crippen molar-refractivity contribution in [1.29, 1.82) is 0 Å². The fourth-order valence-electron chi connectivity index (χ4n) is 1.59. The third-order valence-corrected chi connectivity index (χ3v) is 2.87. The van der Waals surface area contributed by atoms with Gasteiger partial charge in [-0.3, -0.25) is 4.79 Å². The van der Waals surface area contributed by atoms with Crippen LogP contribution in [0.2, 0.25) is 5.02 Å². The van der Waals surface area contributed by atoms with Crippen molar-refractivity contribution in [3.05, 3.63) is 28.5 Å². The Bertz CT molecular complexity index is 428. The minimum absolute atomic E-state index is 0.0294. The van der Waals surface area contributed by atoms with Crippen LogP contribution < -0.4 is 5.32 Å². The third kappa shape index (κ3) is 1.05. The lowest BCUT2D eigenvalue weighted by molar-refractivity contribution is -0.119. The van der Waals surface area contributed by atoms with Crippen LogP contribution in [0.5, 0.6) is 0 Å². The Labute approximate surface area is 86.1 Å². The highest BCUT2D eigenvalue weighted by atomic mass is 35.5. The maximum Gasteiger partial charge on any atom is 0.234 e. The number of hydrogen-bond acceptors (Lipinski definition) is 1. The monoisotopic (exact) mass is 213 g/mol. The molecule has 1 N–H and O–H groups in total. The number of benzene rings is 1. The molecule has 0 radical (unpaired) electrons. The Hall–Kier alpha value is -1.09. The summed E-state index contributed by atoms with van der Waals surface area (Å²) in [6, 6.07) is 3.15. The molecule has 0 saturated heterocycles. The molecule has 1 aliphatic rings. The number of halogens is 2. The Kier molecular flexibility index (Phi) is 1.83. The van der Waals surface area contributed by atoms with Crippen molar-refractivity contribution in [3.8, 4) is 0 Å². The summed E-state index contributed by atoms with van der Waals surface area (Å²) in [6.45, 7) is 3.50. The van der Waals surface area contributed by atoms with Gasteiger partial charge in [-0.1, -0.05) is 17.7 Å². The summed E-state index contributed by atoms with van der Waals surface area (Å²) in [4.78, 5) is 11.5. The first kappa shape index (κ1) is 9.46. The van der Waals surface area contributed by atoms with Crippen molar-refractivity contribution in [3.63, 3.8) is 0 Å². The van der Waals surface area contributed by atoms with Crippen molar-refractivity contribution >= 4 is 23.2 Å². The fourth-order valence-corrected chi connectivity index (χ4v) is 1.74. The number of carbonyl (C=O) groups excluding carboxylic acids is 1. The normalized spacial score (nSPS) is 17.9. The molecular weight excluding hydrogens is 205 g/mol. The molecule has 1 heterocycles. The first-order chi connectivity index (χ1) is 6.44. The summed E-state index contributed by atoms with van der Waals surface area (Å²) >= 11 is 5.61. The standard InChI is InChI=1S/C10H9ClFNO/c1-10(2)5-3-4-6(11)7(12)8(5)13-9(10)14/h3-4H,1-2H3,(H,13,14). The minimum atomic E-state index is -0.680. The highest BCUT2D eigenvalue weighted by Crippen LogP contribution is 2.40. The van der Waals surface area contributed by atoms with Crippen LogP contribution in [-0.4, -0.2) is 5.91 Å². The van der Waals surface area contributed by atoms with E-state index in [1.54, 1.807) is 19.9 Å². The lowest BCUT2D eigenvalue weighted by Crippen LogP contribution is -2.26. The quantitative estimate of drug-likeness (QED) is 0.706. The van der Waals surface area contributed by atoms with E-state index in [2.05, 4.69) is 5.32 Å². The maximum atomic E-state index is 13.5. The topological polar surface area (TPSA) is 29.1 Å². The number of nitrogens with one attached hydrogen (secondary N) is 1. The fraction of sp³-hybridized carbons (Fsp3) is 0.300. The highest BCUT2D eigenvalue weighted by Gasteiger charge is 2.40. The summed E-state index contributed by atoms with van der Waals surface area (Å²) in [6.07, 6.45) is 0. The molecule has 2 nitrogen and oxygen atoms in total. The van der Waals surface area contributed by atoms with Gasteiger partial charge in [0.15, 0.2) is 5.82 Å². The van der Waals surface area contributed by atoms with Crippen LogP contribution in [0.1, 0.15) is 19.4 Å². The molecule has 4 heteroatoms. The summed E-state index contributed by atoms with van der Waals surface area (Å²) in [5.41, 5.74) is 0.192. The Morgan fingerprint density at radius 1 is 1.43 bits per heavy atom. The van der Waals surface area contributed by atoms with Crippen molar-refractivity contribution in [2.45, 2.75) is 19.3 Å². The molecule has 0 bridgehead atoms. The van der Waals surface area contributed by atoms with Crippen LogP contribution >= 0.6 is 11.6 Å². The molecule has 0 spiro atoms. The number of anilines is 1. The number of fused-ring (bicyclic) bond motifs is 1. The van der Waals surface area contributed by atoms with Gasteiger partial charge in [0.05, 0.1) is 16.1 Å². The maximum absolute atomic E-state index is 13.5. The van der Waals surface area contributed by atoms with Crippen molar-refractivity contribution < 1.29 is 9.18 Å². The van der Waals surface area contributed by atoms with Crippen LogP contribution in [0.3, 0.4) is 0 Å². The zero-order chi connectivity index (χ0) is 10.5. The van der Waals surface area contributed by atoms with Crippen LogP contribution in [0.15, 0.2) is 12.1 Å². The zero-order valence-corrected chi connectivity index (χ0v) is 8.57. The van der Waals surface area contributed by atoms with E-state index in [0.29, 0.717) is 5.56 Å². The Morgan fingerprint density at radius 3 is 2.71 bits per heavy atom. The first-order valence-electron chi connectivity index (χ1n) is 4.24. The van der Waals surface area contributed by atoms with Gasteiger partial charge in [-0.15, -0.1) is 0 Å². The number of rotatable bonds is 0. The van der Waals surface area contributed by atoms with Crippen molar-refractivity contribution in [2.24, 2.45) is 0 Å². The van der Waals surface area contributed by atoms with E-state index in [0.717, 1.165) is 0 Å². The molecule has 14 heavy (non-hydrogen) atoms. The third-order valence-electron chi connectivity index (χ3n) is 2.57. The molecule has 1 aliphatic heterocycles. The van der Waals surface area contributed by atoms with Crippen LogP contribution in [0.4, 0.5) is 10.1 Å². The number of carbonyl (C=O) groups is 1. The van der Waals surface area contributed by atoms with Crippen LogP contribution in [0, 0.1) is 5.82 Å². The molecular formula is C10H9ClFNO. The molecule has 0 unspecified atom stereocenters. The van der Waals surface area contributed by atoms with Gasteiger partial charge in [-0.25, -0.2) is 4.39 Å². The van der Waals surface area contributed by atoms with E-state index in [9.17, 15) is 9.18 Å². The van der Waals surface area contributed by atoms with E-state index < -0.39 is 11.2 Å². The summed E-state index contributed by atoms with van der Waals surface area (Å²) in [7, 11) is 0. The second-order valence-electron chi connectivity index (χ2n) is 3.86. The lowest BCUT2D eigenvalue weighted by atomic mass is 9.86. The van der Waals surface area contributed by atoms with E-state index in [4.69, 9.17) is 11.6 Å². The van der Waals surface area contributed by atoms with E-state index in [1.165, 1.54) is 6.07 Å². The van der Waals surface area contributed by atoms with Gasteiger partial charge in [0, 0.05) is 0 Å². The largest absolute Gasteiger partial charge is 0.323 e. The van der Waals surface area contributed by atoms with Gasteiger partial charge in [0.25, 0.3) is 0 Å². The minimum Gasteiger partial charge on any atom is -0.323 e. The first-order valence-corrected chi connectivity index (χ1v) is 4.62. The molecule has 2 rings (SSSR count). The predicted octanol–water partition coefficient (Wildman–Crippen LogP) is 2.71. The van der Waals surface area contributed by atoms with Gasteiger partial charge >= 0.3 is 0 Å². The average Bonchev–Trinajstić information content (AvgIpc) is 2.33. The van der Waals surface area contributed by atoms with E-state index in [-0.39, 0.29) is 16.6 Å². The molecule has 0 atom stereocenters. The highest BCUT2D eigenvalue weighted by molar-refractivity contribution is 6.31. The lowest BCUT2D eigenvalue weighted by Gasteiger charge is -2.14. The van der Waals surface area contributed by atoms with E-state index in [1.807, 2.05) is 0 Å². The summed E-state index contributed by atoms with van der Waals surface area (Å²) in [5, 5.41) is 2.53. The summed E-state index contributed by atoms with van der Waals surface area (Å²) in [5.74, 6) is -0.753. The molecule has 1 amide bonds. The molecule has 1 aromatic carbocycles. The molecule has 74 valence electrons.